The van der Waals surface area contributed by atoms with E-state index in [9.17, 15) is 14.0 Å². The molecule has 8 heteroatoms. The summed E-state index contributed by atoms with van der Waals surface area (Å²) in [4.78, 5) is 30.5. The lowest BCUT2D eigenvalue weighted by Crippen LogP contribution is -2.21. The van der Waals surface area contributed by atoms with E-state index in [1.54, 1.807) is 32.0 Å². The first-order valence-electron chi connectivity index (χ1n) is 8.06. The van der Waals surface area contributed by atoms with Gasteiger partial charge in [0.15, 0.2) is 0 Å². The molecule has 0 aliphatic carbocycles. The maximum atomic E-state index is 13.7. The van der Waals surface area contributed by atoms with Crippen molar-refractivity contribution in [2.75, 3.05) is 12.4 Å². The average Bonchev–Trinajstić information content (AvgIpc) is 2.96. The Hall–Kier alpha value is -2.19. The summed E-state index contributed by atoms with van der Waals surface area (Å²) in [5.41, 5.74) is 0.394. The minimum absolute atomic E-state index is 0.201. The van der Waals surface area contributed by atoms with Crippen LogP contribution < -0.4 is 5.56 Å². The highest BCUT2D eigenvalue weighted by atomic mass is 32.2. The van der Waals surface area contributed by atoms with Crippen molar-refractivity contribution >= 4 is 39.3 Å². The second-order valence-electron chi connectivity index (χ2n) is 5.48. The number of ether oxygens (including phenoxy) is 1. The topological polar surface area (TPSA) is 61.2 Å². The number of carbonyl (C=O) groups is 1. The number of benzene rings is 1. The summed E-state index contributed by atoms with van der Waals surface area (Å²) in [6.07, 6.45) is 1.47. The highest BCUT2D eigenvalue weighted by Crippen LogP contribution is 2.27. The highest BCUT2D eigenvalue weighted by Gasteiger charge is 2.20. The zero-order valence-electron chi connectivity index (χ0n) is 14.3. The van der Waals surface area contributed by atoms with Gasteiger partial charge in [-0.15, -0.1) is 23.1 Å². The molecule has 0 saturated carbocycles. The quantitative estimate of drug-likeness (QED) is 0.471. The largest absolute Gasteiger partial charge is 0.462 e. The number of halogens is 1. The predicted molar refractivity (Wildman–Crippen MR) is 102 cm³/mol. The molecule has 0 radical (unpaired) electrons. The lowest BCUT2D eigenvalue weighted by molar-refractivity contribution is 0.0531. The van der Waals surface area contributed by atoms with Crippen LogP contribution in [0.1, 0.15) is 22.2 Å². The van der Waals surface area contributed by atoms with Crippen molar-refractivity contribution in [2.24, 2.45) is 0 Å². The van der Waals surface area contributed by atoms with Crippen molar-refractivity contribution in [2.45, 2.75) is 25.3 Å². The van der Waals surface area contributed by atoms with Crippen LogP contribution in [0.5, 0.6) is 0 Å². The van der Waals surface area contributed by atoms with Crippen LogP contribution in [0.3, 0.4) is 0 Å². The van der Waals surface area contributed by atoms with Crippen molar-refractivity contribution in [1.29, 1.82) is 0 Å². The number of esters is 1. The molecule has 2 aromatic heterocycles. The van der Waals surface area contributed by atoms with Gasteiger partial charge in [0.2, 0.25) is 0 Å². The molecule has 0 atom stereocenters. The second-order valence-corrected chi connectivity index (χ2v) is 7.61. The van der Waals surface area contributed by atoms with Gasteiger partial charge in [0, 0.05) is 17.2 Å². The molecule has 136 valence electrons. The Bertz CT molecular complexity index is 1010. The minimum atomic E-state index is -0.436. The molecule has 3 rings (SSSR count). The van der Waals surface area contributed by atoms with Gasteiger partial charge in [-0.05, 0) is 31.5 Å². The standard InChI is InChI=1S/C18H17FN2O3S2/c1-3-24-18(23)15-11(2)14-16(26-15)20-10-21(17(14)22)8-9-25-13-7-5-4-6-12(13)19/h4-7,10H,3,8-9H2,1-2H3. The van der Waals surface area contributed by atoms with Gasteiger partial charge < -0.3 is 4.74 Å². The van der Waals surface area contributed by atoms with Gasteiger partial charge in [0.1, 0.15) is 15.5 Å². The molecule has 0 N–H and O–H groups in total. The molecule has 1 aromatic carbocycles. The third-order valence-corrected chi connectivity index (χ3v) is 6.01. The Morgan fingerprint density at radius 3 is 2.88 bits per heavy atom. The number of hydrogen-bond donors (Lipinski definition) is 0. The van der Waals surface area contributed by atoms with Gasteiger partial charge in [-0.25, -0.2) is 14.2 Å². The van der Waals surface area contributed by atoms with Crippen molar-refractivity contribution in [3.05, 3.63) is 57.2 Å². The first kappa shape index (κ1) is 18.6. The summed E-state index contributed by atoms with van der Waals surface area (Å²) in [5, 5.41) is 0.441. The summed E-state index contributed by atoms with van der Waals surface area (Å²) in [7, 11) is 0. The van der Waals surface area contributed by atoms with E-state index < -0.39 is 5.97 Å². The zero-order valence-corrected chi connectivity index (χ0v) is 16.0. The van der Waals surface area contributed by atoms with Crippen LogP contribution in [0.15, 0.2) is 40.3 Å². The maximum Gasteiger partial charge on any atom is 0.348 e. The summed E-state index contributed by atoms with van der Waals surface area (Å²) in [6.45, 7) is 4.13. The third kappa shape index (κ3) is 3.66. The highest BCUT2D eigenvalue weighted by molar-refractivity contribution is 7.99. The maximum absolute atomic E-state index is 13.7. The van der Waals surface area contributed by atoms with E-state index in [0.717, 1.165) is 11.3 Å². The Morgan fingerprint density at radius 2 is 2.15 bits per heavy atom. The van der Waals surface area contributed by atoms with Crippen molar-refractivity contribution in [3.63, 3.8) is 0 Å². The molecular formula is C18H17FN2O3S2. The SMILES string of the molecule is CCOC(=O)c1sc2ncn(CCSc3ccccc3F)c(=O)c2c1C. The van der Waals surface area contributed by atoms with E-state index >= 15 is 0 Å². The molecule has 0 aliphatic rings. The fourth-order valence-corrected chi connectivity index (χ4v) is 4.45. The number of hydrogen-bond acceptors (Lipinski definition) is 6. The average molecular weight is 392 g/mol. The van der Waals surface area contributed by atoms with Crippen LogP contribution in [-0.2, 0) is 11.3 Å². The molecule has 0 fully saturated rings. The van der Waals surface area contributed by atoms with E-state index in [2.05, 4.69) is 4.98 Å². The molecule has 0 unspecified atom stereocenters. The number of fused-ring (bicyclic) bond motifs is 1. The summed E-state index contributed by atoms with van der Waals surface area (Å²) in [5.74, 6) is -0.178. The summed E-state index contributed by atoms with van der Waals surface area (Å²) >= 11 is 2.51. The van der Waals surface area contributed by atoms with Crippen molar-refractivity contribution < 1.29 is 13.9 Å². The number of rotatable bonds is 6. The zero-order chi connectivity index (χ0) is 18.7. The molecule has 3 aromatic rings. The normalized spacial score (nSPS) is 11.0. The van der Waals surface area contributed by atoms with E-state index in [0.29, 0.717) is 37.9 Å². The van der Waals surface area contributed by atoms with Crippen LogP contribution in [0.2, 0.25) is 0 Å². The van der Waals surface area contributed by atoms with Gasteiger partial charge >= 0.3 is 5.97 Å². The van der Waals surface area contributed by atoms with Gasteiger partial charge in [-0.1, -0.05) is 12.1 Å². The van der Waals surface area contributed by atoms with Crippen LogP contribution in [0, 0.1) is 12.7 Å². The number of aromatic nitrogens is 2. The van der Waals surface area contributed by atoms with Gasteiger partial charge in [0.05, 0.1) is 18.3 Å². The van der Waals surface area contributed by atoms with Gasteiger partial charge in [0.25, 0.3) is 5.56 Å². The number of nitrogens with zero attached hydrogens (tertiary/aromatic N) is 2. The Kier molecular flexibility index (Phi) is 5.73. The van der Waals surface area contributed by atoms with Crippen LogP contribution in [0.4, 0.5) is 4.39 Å². The Labute approximate surface area is 157 Å². The Morgan fingerprint density at radius 1 is 1.38 bits per heavy atom. The third-order valence-electron chi connectivity index (χ3n) is 3.80. The first-order chi connectivity index (χ1) is 12.5. The molecule has 5 nitrogen and oxygen atoms in total. The lowest BCUT2D eigenvalue weighted by atomic mass is 10.2. The van der Waals surface area contributed by atoms with E-state index in [4.69, 9.17) is 4.74 Å². The number of aryl methyl sites for hydroxylation is 2. The number of carbonyl (C=O) groups excluding carboxylic acids is 1. The molecule has 0 saturated heterocycles. The Balaban J connectivity index is 1.83. The van der Waals surface area contributed by atoms with Gasteiger partial charge in [-0.2, -0.15) is 0 Å². The monoisotopic (exact) mass is 392 g/mol. The van der Waals surface area contributed by atoms with E-state index in [1.165, 1.54) is 28.7 Å². The fraction of sp³-hybridized carbons (Fsp3) is 0.278. The van der Waals surface area contributed by atoms with Crippen LogP contribution in [0.25, 0.3) is 10.2 Å². The predicted octanol–water partition coefficient (Wildman–Crippen LogP) is 3.87. The van der Waals surface area contributed by atoms with Crippen molar-refractivity contribution in [3.8, 4) is 0 Å². The molecule has 0 spiro atoms. The molecule has 0 amide bonds. The molecule has 0 bridgehead atoms. The molecule has 2 heterocycles. The molecule has 0 aliphatic heterocycles. The number of thiophene rings is 1. The fourth-order valence-electron chi connectivity index (χ4n) is 2.53. The summed E-state index contributed by atoms with van der Waals surface area (Å²) in [6, 6.07) is 6.53. The van der Waals surface area contributed by atoms with Crippen LogP contribution >= 0.6 is 23.1 Å². The smallest absolute Gasteiger partial charge is 0.348 e. The van der Waals surface area contributed by atoms with E-state index in [-0.39, 0.29) is 18.0 Å². The molecule has 26 heavy (non-hydrogen) atoms. The van der Waals surface area contributed by atoms with Crippen LogP contribution in [-0.4, -0.2) is 27.9 Å². The number of thioether (sulfide) groups is 1. The van der Waals surface area contributed by atoms with Crippen molar-refractivity contribution in [1.82, 2.24) is 9.55 Å². The summed E-state index contributed by atoms with van der Waals surface area (Å²) < 4.78 is 20.2. The second kappa shape index (κ2) is 8.01. The molecular weight excluding hydrogens is 375 g/mol. The minimum Gasteiger partial charge on any atom is -0.462 e. The van der Waals surface area contributed by atoms with Gasteiger partial charge in [-0.3, -0.25) is 9.36 Å². The van der Waals surface area contributed by atoms with E-state index in [1.807, 2.05) is 0 Å². The first-order valence-corrected chi connectivity index (χ1v) is 9.86. The lowest BCUT2D eigenvalue weighted by Gasteiger charge is -2.06.